The Hall–Kier alpha value is -1.42. The molecule has 3 N–H and O–H groups in total. The molecule has 1 amide bonds. The molecule has 0 bridgehead atoms. The first-order chi connectivity index (χ1) is 7.88. The molecule has 0 fully saturated rings. The van der Waals surface area contributed by atoms with Gasteiger partial charge in [-0.15, -0.1) is 0 Å². The van der Waals surface area contributed by atoms with Crippen LogP contribution in [-0.4, -0.2) is 16.4 Å². The fraction of sp³-hybridized carbons (Fsp3) is 0.538. The molecule has 0 aliphatic rings. The molecule has 0 unspecified atom stereocenters. The minimum absolute atomic E-state index is 0.0414. The van der Waals surface area contributed by atoms with Crippen LogP contribution in [0.15, 0.2) is 18.5 Å². The highest BCUT2D eigenvalue weighted by molar-refractivity contribution is 5.75. The smallest absolute Gasteiger partial charge is 0.220 e. The van der Waals surface area contributed by atoms with Crippen LogP contribution < -0.4 is 11.1 Å². The van der Waals surface area contributed by atoms with Gasteiger partial charge < -0.3 is 11.1 Å². The molecule has 17 heavy (non-hydrogen) atoms. The first kappa shape index (κ1) is 13.6. The van der Waals surface area contributed by atoms with E-state index in [1.165, 1.54) is 0 Å². The molecule has 1 rings (SSSR count). The maximum absolute atomic E-state index is 11.6. The number of carbonyl (C=O) groups is 1. The molecule has 4 nitrogen and oxygen atoms in total. The highest BCUT2D eigenvalue weighted by Gasteiger charge is 2.13. The van der Waals surface area contributed by atoms with E-state index in [0.717, 1.165) is 11.1 Å². The molecule has 0 saturated carbocycles. The van der Waals surface area contributed by atoms with Crippen LogP contribution in [0.4, 0.5) is 0 Å². The second-order valence-corrected chi connectivity index (χ2v) is 5.07. The minimum atomic E-state index is -0.288. The molecular formula is C13H21N3O. The van der Waals surface area contributed by atoms with Crippen LogP contribution in [0.2, 0.25) is 0 Å². The highest BCUT2D eigenvalue weighted by Crippen LogP contribution is 2.08. The van der Waals surface area contributed by atoms with Crippen molar-refractivity contribution < 1.29 is 4.79 Å². The van der Waals surface area contributed by atoms with E-state index in [-0.39, 0.29) is 11.4 Å². The zero-order valence-corrected chi connectivity index (χ0v) is 10.8. The lowest BCUT2D eigenvalue weighted by Gasteiger charge is -2.17. The van der Waals surface area contributed by atoms with Crippen LogP contribution in [0.25, 0.3) is 0 Å². The second kappa shape index (κ2) is 5.77. The van der Waals surface area contributed by atoms with Crippen molar-refractivity contribution >= 4 is 5.91 Å². The third kappa shape index (κ3) is 5.45. The van der Waals surface area contributed by atoms with Crippen LogP contribution >= 0.6 is 0 Å². The van der Waals surface area contributed by atoms with Gasteiger partial charge in [0, 0.05) is 30.9 Å². The molecule has 1 aromatic heterocycles. The average Bonchev–Trinajstić information content (AvgIpc) is 2.24. The molecule has 0 aliphatic carbocycles. The number of hydrogen-bond donors (Lipinski definition) is 2. The van der Waals surface area contributed by atoms with E-state index in [9.17, 15) is 4.79 Å². The normalized spacial score (nSPS) is 11.3. The van der Waals surface area contributed by atoms with E-state index in [2.05, 4.69) is 10.3 Å². The van der Waals surface area contributed by atoms with Gasteiger partial charge in [-0.05, 0) is 44.4 Å². The quantitative estimate of drug-likeness (QED) is 0.813. The number of hydrogen-bond acceptors (Lipinski definition) is 3. The van der Waals surface area contributed by atoms with Gasteiger partial charge in [0.2, 0.25) is 5.91 Å². The largest absolute Gasteiger partial charge is 0.352 e. The van der Waals surface area contributed by atoms with E-state index in [1.54, 1.807) is 12.4 Å². The Labute approximate surface area is 103 Å². The predicted molar refractivity (Wildman–Crippen MR) is 68.3 cm³/mol. The van der Waals surface area contributed by atoms with Crippen molar-refractivity contribution in [2.75, 3.05) is 0 Å². The van der Waals surface area contributed by atoms with Gasteiger partial charge in [-0.2, -0.15) is 0 Å². The van der Waals surface area contributed by atoms with Crippen molar-refractivity contribution in [3.8, 4) is 0 Å². The maximum atomic E-state index is 11.6. The van der Waals surface area contributed by atoms with Gasteiger partial charge in [0.05, 0.1) is 0 Å². The number of amides is 1. The van der Waals surface area contributed by atoms with Crippen molar-refractivity contribution in [1.82, 2.24) is 10.3 Å². The zero-order chi connectivity index (χ0) is 12.9. The molecule has 0 saturated heterocycles. The number of pyridine rings is 1. The van der Waals surface area contributed by atoms with Gasteiger partial charge in [-0.25, -0.2) is 0 Å². The van der Waals surface area contributed by atoms with E-state index < -0.39 is 0 Å². The lowest BCUT2D eigenvalue weighted by Crippen LogP contribution is -2.34. The number of aromatic nitrogens is 1. The number of nitrogens with zero attached hydrogens (tertiary/aromatic N) is 1. The molecule has 0 spiro atoms. The van der Waals surface area contributed by atoms with E-state index in [4.69, 9.17) is 5.73 Å². The van der Waals surface area contributed by atoms with Gasteiger partial charge in [0.25, 0.3) is 0 Å². The summed E-state index contributed by atoms with van der Waals surface area (Å²) in [4.78, 5) is 15.6. The fourth-order valence-electron chi connectivity index (χ4n) is 1.42. The van der Waals surface area contributed by atoms with E-state index >= 15 is 0 Å². The van der Waals surface area contributed by atoms with Crippen LogP contribution in [0.5, 0.6) is 0 Å². The van der Waals surface area contributed by atoms with Crippen LogP contribution in [0.1, 0.15) is 37.8 Å². The van der Waals surface area contributed by atoms with E-state index in [1.807, 2.05) is 26.8 Å². The number of nitrogens with one attached hydrogen (secondary N) is 1. The minimum Gasteiger partial charge on any atom is -0.352 e. The van der Waals surface area contributed by atoms with Gasteiger partial charge in [0.15, 0.2) is 0 Å². The Balaban J connectivity index is 2.36. The SMILES string of the molecule is Cc1cnccc1CNC(=O)CCC(C)(C)N. The predicted octanol–water partition coefficient (Wildman–Crippen LogP) is 1.52. The molecule has 0 aliphatic heterocycles. The van der Waals surface area contributed by atoms with Crippen LogP contribution in [-0.2, 0) is 11.3 Å². The van der Waals surface area contributed by atoms with Crippen molar-refractivity contribution in [3.05, 3.63) is 29.6 Å². The third-order valence-electron chi connectivity index (χ3n) is 2.61. The average molecular weight is 235 g/mol. The highest BCUT2D eigenvalue weighted by atomic mass is 16.1. The molecular weight excluding hydrogens is 214 g/mol. The summed E-state index contributed by atoms with van der Waals surface area (Å²) in [6, 6.07) is 1.92. The Morgan fingerprint density at radius 3 is 2.82 bits per heavy atom. The monoisotopic (exact) mass is 235 g/mol. The van der Waals surface area contributed by atoms with Crippen LogP contribution in [0.3, 0.4) is 0 Å². The van der Waals surface area contributed by atoms with Crippen molar-refractivity contribution in [3.63, 3.8) is 0 Å². The van der Waals surface area contributed by atoms with Crippen molar-refractivity contribution in [1.29, 1.82) is 0 Å². The Morgan fingerprint density at radius 2 is 2.24 bits per heavy atom. The molecule has 4 heteroatoms. The number of rotatable bonds is 5. The number of aryl methyl sites for hydroxylation is 1. The number of nitrogens with two attached hydrogens (primary N) is 1. The van der Waals surface area contributed by atoms with Gasteiger partial charge in [-0.3, -0.25) is 9.78 Å². The zero-order valence-electron chi connectivity index (χ0n) is 10.8. The standard InChI is InChI=1S/C13H21N3O/c1-10-8-15-7-5-11(10)9-16-12(17)4-6-13(2,3)14/h5,7-8H,4,6,9,14H2,1-3H3,(H,16,17). The summed E-state index contributed by atoms with van der Waals surface area (Å²) in [7, 11) is 0. The topological polar surface area (TPSA) is 68.0 Å². The van der Waals surface area contributed by atoms with Crippen molar-refractivity contribution in [2.45, 2.75) is 45.7 Å². The summed E-state index contributed by atoms with van der Waals surface area (Å²) in [6.07, 6.45) is 4.68. The summed E-state index contributed by atoms with van der Waals surface area (Å²) in [5.74, 6) is 0.0414. The van der Waals surface area contributed by atoms with Gasteiger partial charge in [0.1, 0.15) is 0 Å². The van der Waals surface area contributed by atoms with Gasteiger partial charge >= 0.3 is 0 Å². The van der Waals surface area contributed by atoms with Crippen molar-refractivity contribution in [2.24, 2.45) is 5.73 Å². The molecule has 0 radical (unpaired) electrons. The Kier molecular flexibility index (Phi) is 4.63. The Bertz CT molecular complexity index is 382. The lowest BCUT2D eigenvalue weighted by atomic mass is 10.00. The molecule has 0 atom stereocenters. The molecule has 1 aromatic rings. The van der Waals surface area contributed by atoms with Gasteiger partial charge in [-0.1, -0.05) is 0 Å². The molecule has 1 heterocycles. The fourth-order valence-corrected chi connectivity index (χ4v) is 1.42. The summed E-state index contributed by atoms with van der Waals surface area (Å²) in [5.41, 5.74) is 7.73. The summed E-state index contributed by atoms with van der Waals surface area (Å²) in [6.45, 7) is 6.39. The summed E-state index contributed by atoms with van der Waals surface area (Å²) in [5, 5.41) is 2.89. The van der Waals surface area contributed by atoms with Crippen LogP contribution in [0, 0.1) is 6.92 Å². The van der Waals surface area contributed by atoms with E-state index in [0.29, 0.717) is 19.4 Å². The summed E-state index contributed by atoms with van der Waals surface area (Å²) < 4.78 is 0. The Morgan fingerprint density at radius 1 is 1.53 bits per heavy atom. The second-order valence-electron chi connectivity index (χ2n) is 5.07. The molecule has 0 aromatic carbocycles. The first-order valence-corrected chi connectivity index (χ1v) is 5.83. The first-order valence-electron chi connectivity index (χ1n) is 5.83. The molecule has 94 valence electrons. The lowest BCUT2D eigenvalue weighted by molar-refractivity contribution is -0.121. The maximum Gasteiger partial charge on any atom is 0.220 e. The third-order valence-corrected chi connectivity index (χ3v) is 2.61. The summed E-state index contributed by atoms with van der Waals surface area (Å²) >= 11 is 0. The number of carbonyl (C=O) groups excluding carboxylic acids is 1.